The minimum atomic E-state index is -0.917. The van der Waals surface area contributed by atoms with Crippen LogP contribution in [0.3, 0.4) is 0 Å². The molecule has 0 aliphatic carbocycles. The molecule has 92 valence electrons. The number of hydrogen-bond acceptors (Lipinski definition) is 3. The third kappa shape index (κ3) is 3.96. The van der Waals surface area contributed by atoms with Gasteiger partial charge in [0.15, 0.2) is 0 Å². The molecule has 0 heterocycles. The van der Waals surface area contributed by atoms with Crippen LogP contribution in [0.5, 0.6) is 0 Å². The van der Waals surface area contributed by atoms with Gasteiger partial charge in [0.25, 0.3) is 5.91 Å². The van der Waals surface area contributed by atoms with Crippen LogP contribution in [-0.4, -0.2) is 23.0 Å². The van der Waals surface area contributed by atoms with Gasteiger partial charge in [-0.15, -0.1) is 0 Å². The van der Waals surface area contributed by atoms with Gasteiger partial charge in [-0.2, -0.15) is 0 Å². The fourth-order valence-corrected chi connectivity index (χ4v) is 1.60. The second kappa shape index (κ2) is 5.54. The van der Waals surface area contributed by atoms with Crippen LogP contribution in [0.25, 0.3) is 0 Å². The Morgan fingerprint density at radius 1 is 1.53 bits per heavy atom. The highest BCUT2D eigenvalue weighted by molar-refractivity contribution is 6.31. The van der Waals surface area contributed by atoms with E-state index < -0.39 is 11.9 Å². The van der Waals surface area contributed by atoms with Crippen molar-refractivity contribution in [2.45, 2.75) is 19.4 Å². The molecule has 1 aromatic carbocycles. The summed E-state index contributed by atoms with van der Waals surface area (Å²) in [6.45, 7) is 1.70. The lowest BCUT2D eigenvalue weighted by Crippen LogP contribution is -2.22. The number of anilines is 1. The Labute approximate surface area is 104 Å². The van der Waals surface area contributed by atoms with Gasteiger partial charge < -0.3 is 16.2 Å². The van der Waals surface area contributed by atoms with Crippen LogP contribution in [0.4, 0.5) is 5.69 Å². The van der Waals surface area contributed by atoms with E-state index in [1.54, 1.807) is 19.1 Å². The maximum absolute atomic E-state index is 11.2. The first-order chi connectivity index (χ1) is 7.90. The van der Waals surface area contributed by atoms with E-state index >= 15 is 0 Å². The molecule has 4 N–H and O–H groups in total. The van der Waals surface area contributed by atoms with Crippen LogP contribution in [-0.2, 0) is 4.79 Å². The Kier molecular flexibility index (Phi) is 4.34. The number of nitrogens with two attached hydrogens (primary N) is 1. The van der Waals surface area contributed by atoms with Crippen LogP contribution in [0.15, 0.2) is 18.2 Å². The summed E-state index contributed by atoms with van der Waals surface area (Å²) in [7, 11) is 0. The molecule has 0 aromatic heterocycles. The standard InChI is InChI=1S/C11H13ClN2O3/c1-6(4-10(15)16)14-9-3-2-7(12)5-8(9)11(13)17/h2-3,5-6,14H,4H2,1H3,(H2,13,17)(H,15,16). The summed E-state index contributed by atoms with van der Waals surface area (Å²) in [5.41, 5.74) is 5.93. The minimum Gasteiger partial charge on any atom is -0.481 e. The highest BCUT2D eigenvalue weighted by Gasteiger charge is 2.13. The molecule has 0 spiro atoms. The van der Waals surface area contributed by atoms with Crippen molar-refractivity contribution < 1.29 is 14.7 Å². The van der Waals surface area contributed by atoms with Gasteiger partial charge in [0.1, 0.15) is 0 Å². The molecular weight excluding hydrogens is 244 g/mol. The Morgan fingerprint density at radius 3 is 2.71 bits per heavy atom. The fourth-order valence-electron chi connectivity index (χ4n) is 1.42. The van der Waals surface area contributed by atoms with Crippen molar-refractivity contribution in [3.05, 3.63) is 28.8 Å². The van der Waals surface area contributed by atoms with Gasteiger partial charge in [0.2, 0.25) is 0 Å². The van der Waals surface area contributed by atoms with Crippen LogP contribution >= 0.6 is 11.6 Å². The second-order valence-electron chi connectivity index (χ2n) is 3.70. The molecular formula is C11H13ClN2O3. The summed E-state index contributed by atoms with van der Waals surface area (Å²) in [6.07, 6.45) is -0.0547. The third-order valence-electron chi connectivity index (χ3n) is 2.13. The number of carbonyl (C=O) groups excluding carboxylic acids is 1. The predicted molar refractivity (Wildman–Crippen MR) is 65.3 cm³/mol. The van der Waals surface area contributed by atoms with E-state index in [0.29, 0.717) is 10.7 Å². The summed E-state index contributed by atoms with van der Waals surface area (Å²) >= 11 is 5.75. The molecule has 1 aromatic rings. The Bertz CT molecular complexity index is 448. The Morgan fingerprint density at radius 2 is 2.18 bits per heavy atom. The van der Waals surface area contributed by atoms with E-state index in [2.05, 4.69) is 5.32 Å². The van der Waals surface area contributed by atoms with Gasteiger partial charge in [-0.1, -0.05) is 11.6 Å². The first-order valence-corrected chi connectivity index (χ1v) is 5.35. The molecule has 5 nitrogen and oxygen atoms in total. The molecule has 0 bridgehead atoms. The molecule has 0 aliphatic rings. The maximum atomic E-state index is 11.2. The van der Waals surface area contributed by atoms with E-state index in [1.165, 1.54) is 6.07 Å². The molecule has 6 heteroatoms. The lowest BCUT2D eigenvalue weighted by Gasteiger charge is -2.15. The van der Waals surface area contributed by atoms with Gasteiger partial charge in [0.05, 0.1) is 12.0 Å². The smallest absolute Gasteiger partial charge is 0.305 e. The first kappa shape index (κ1) is 13.3. The molecule has 1 rings (SSSR count). The second-order valence-corrected chi connectivity index (χ2v) is 4.13. The zero-order chi connectivity index (χ0) is 13.0. The van der Waals surface area contributed by atoms with E-state index in [-0.39, 0.29) is 18.0 Å². The molecule has 1 amide bonds. The largest absolute Gasteiger partial charge is 0.481 e. The number of benzene rings is 1. The van der Waals surface area contributed by atoms with Gasteiger partial charge in [-0.25, -0.2) is 0 Å². The zero-order valence-corrected chi connectivity index (χ0v) is 9.99. The molecule has 0 aliphatic heterocycles. The number of primary amides is 1. The van der Waals surface area contributed by atoms with Crippen molar-refractivity contribution in [1.29, 1.82) is 0 Å². The topological polar surface area (TPSA) is 92.4 Å². The average molecular weight is 257 g/mol. The summed E-state index contributed by atoms with van der Waals surface area (Å²) in [4.78, 5) is 21.7. The van der Waals surface area contributed by atoms with Crippen LogP contribution in [0.2, 0.25) is 5.02 Å². The van der Waals surface area contributed by atoms with Crippen molar-refractivity contribution in [2.24, 2.45) is 5.73 Å². The number of aliphatic carboxylic acids is 1. The van der Waals surface area contributed by atoms with Crippen molar-refractivity contribution in [2.75, 3.05) is 5.32 Å². The van der Waals surface area contributed by atoms with E-state index in [0.717, 1.165) is 0 Å². The molecule has 0 fully saturated rings. The summed E-state index contributed by atoms with van der Waals surface area (Å²) in [5, 5.41) is 11.9. The van der Waals surface area contributed by atoms with Gasteiger partial charge in [0, 0.05) is 16.8 Å². The van der Waals surface area contributed by atoms with E-state index in [4.69, 9.17) is 22.4 Å². The highest BCUT2D eigenvalue weighted by Crippen LogP contribution is 2.21. The Balaban J connectivity index is 2.90. The fraction of sp³-hybridized carbons (Fsp3) is 0.273. The lowest BCUT2D eigenvalue weighted by atomic mass is 10.1. The SMILES string of the molecule is CC(CC(=O)O)Nc1ccc(Cl)cc1C(N)=O. The van der Waals surface area contributed by atoms with Crippen molar-refractivity contribution in [3.63, 3.8) is 0 Å². The summed E-state index contributed by atoms with van der Waals surface area (Å²) in [5.74, 6) is -1.53. The molecule has 0 saturated heterocycles. The number of hydrogen-bond donors (Lipinski definition) is 3. The number of carboxylic acids is 1. The Hall–Kier alpha value is -1.75. The van der Waals surface area contributed by atoms with E-state index in [1.807, 2.05) is 0 Å². The van der Waals surface area contributed by atoms with Gasteiger partial charge >= 0.3 is 5.97 Å². The van der Waals surface area contributed by atoms with Crippen molar-refractivity contribution in [3.8, 4) is 0 Å². The predicted octanol–water partition coefficient (Wildman–Crippen LogP) is 1.71. The lowest BCUT2D eigenvalue weighted by molar-refractivity contribution is -0.137. The molecule has 17 heavy (non-hydrogen) atoms. The van der Waals surface area contributed by atoms with Crippen LogP contribution in [0.1, 0.15) is 23.7 Å². The summed E-state index contributed by atoms with van der Waals surface area (Å²) < 4.78 is 0. The van der Waals surface area contributed by atoms with Crippen LogP contribution < -0.4 is 11.1 Å². The number of nitrogens with one attached hydrogen (secondary N) is 1. The molecule has 0 radical (unpaired) electrons. The molecule has 1 atom stereocenters. The minimum absolute atomic E-state index is 0.0547. The normalized spacial score (nSPS) is 11.9. The van der Waals surface area contributed by atoms with Crippen LogP contribution in [0, 0.1) is 0 Å². The van der Waals surface area contributed by atoms with Gasteiger partial charge in [-0.05, 0) is 25.1 Å². The number of carbonyl (C=O) groups is 2. The molecule has 1 unspecified atom stereocenters. The number of amides is 1. The number of halogens is 1. The first-order valence-electron chi connectivity index (χ1n) is 4.98. The van der Waals surface area contributed by atoms with Crippen molar-refractivity contribution in [1.82, 2.24) is 0 Å². The maximum Gasteiger partial charge on any atom is 0.305 e. The highest BCUT2D eigenvalue weighted by atomic mass is 35.5. The number of carboxylic acid groups (broad SMARTS) is 1. The quantitative estimate of drug-likeness (QED) is 0.748. The third-order valence-corrected chi connectivity index (χ3v) is 2.36. The van der Waals surface area contributed by atoms with Crippen molar-refractivity contribution >= 4 is 29.2 Å². The average Bonchev–Trinajstić information content (AvgIpc) is 2.19. The summed E-state index contributed by atoms with van der Waals surface area (Å²) in [6, 6.07) is 4.33. The monoisotopic (exact) mass is 256 g/mol. The molecule has 0 saturated carbocycles. The van der Waals surface area contributed by atoms with Gasteiger partial charge in [-0.3, -0.25) is 9.59 Å². The number of rotatable bonds is 5. The van der Waals surface area contributed by atoms with E-state index in [9.17, 15) is 9.59 Å². The zero-order valence-electron chi connectivity index (χ0n) is 9.24.